The normalized spacial score (nSPS) is 11.4. The van der Waals surface area contributed by atoms with Gasteiger partial charge in [-0.25, -0.2) is 0 Å². The molecule has 0 saturated heterocycles. The molecule has 0 aliphatic carbocycles. The summed E-state index contributed by atoms with van der Waals surface area (Å²) in [5, 5.41) is -0.0701. The Morgan fingerprint density at radius 3 is 2.47 bits per heavy atom. The van der Waals surface area contributed by atoms with Gasteiger partial charge in [-0.05, 0) is 18.2 Å². The number of rotatable bonds is 2. The molecule has 1 aromatic heterocycles. The quantitative estimate of drug-likeness (QED) is 0.815. The Labute approximate surface area is 112 Å². The van der Waals surface area contributed by atoms with Crippen molar-refractivity contribution in [2.75, 3.05) is 7.11 Å². The summed E-state index contributed by atoms with van der Waals surface area (Å²) in [6.45, 7) is 0. The van der Waals surface area contributed by atoms with Crippen LogP contribution in [-0.2, 0) is 6.18 Å². The van der Waals surface area contributed by atoms with Crippen LogP contribution < -0.4 is 4.74 Å². The van der Waals surface area contributed by atoms with E-state index in [1.165, 1.54) is 7.11 Å². The summed E-state index contributed by atoms with van der Waals surface area (Å²) in [5.41, 5.74) is -0.0769. The lowest BCUT2D eigenvalue weighted by atomic mass is 10.1. The maximum atomic E-state index is 12.5. The first-order valence-electron chi connectivity index (χ1n) is 5.29. The number of halogens is 4. The minimum Gasteiger partial charge on any atom is -0.496 e. The van der Waals surface area contributed by atoms with Crippen LogP contribution in [0.15, 0.2) is 36.5 Å². The number of methoxy groups -OCH3 is 1. The van der Waals surface area contributed by atoms with Gasteiger partial charge >= 0.3 is 6.18 Å². The average molecular weight is 288 g/mol. The summed E-state index contributed by atoms with van der Waals surface area (Å²) in [5.74, 6) is 0.497. The molecule has 2 aromatic rings. The highest BCUT2D eigenvalue weighted by Crippen LogP contribution is 2.36. The zero-order valence-corrected chi connectivity index (χ0v) is 10.6. The summed E-state index contributed by atoms with van der Waals surface area (Å²) in [6, 6.07) is 7.70. The van der Waals surface area contributed by atoms with Crippen molar-refractivity contribution in [1.29, 1.82) is 0 Å². The van der Waals surface area contributed by atoms with Crippen molar-refractivity contribution in [3.05, 3.63) is 47.1 Å². The number of hydrogen-bond donors (Lipinski definition) is 0. The third kappa shape index (κ3) is 2.81. The molecule has 0 aliphatic rings. The number of pyridine rings is 1. The second-order valence-electron chi connectivity index (χ2n) is 3.75. The van der Waals surface area contributed by atoms with Gasteiger partial charge in [0, 0.05) is 11.8 Å². The molecular formula is C13H9ClF3NO. The van der Waals surface area contributed by atoms with Crippen LogP contribution in [0.4, 0.5) is 13.2 Å². The fourth-order valence-electron chi connectivity index (χ4n) is 1.63. The van der Waals surface area contributed by atoms with Crippen LogP contribution in [0.3, 0.4) is 0 Å². The molecule has 19 heavy (non-hydrogen) atoms. The molecule has 0 amide bonds. The lowest BCUT2D eigenvalue weighted by molar-refractivity contribution is -0.137. The monoisotopic (exact) mass is 287 g/mol. The van der Waals surface area contributed by atoms with E-state index < -0.39 is 11.7 Å². The van der Waals surface area contributed by atoms with Crippen molar-refractivity contribution >= 4 is 11.6 Å². The largest absolute Gasteiger partial charge is 0.496 e. The van der Waals surface area contributed by atoms with Crippen LogP contribution in [0, 0.1) is 0 Å². The van der Waals surface area contributed by atoms with E-state index in [0.717, 1.165) is 12.3 Å². The Hall–Kier alpha value is -1.75. The minimum absolute atomic E-state index is 0.0701. The van der Waals surface area contributed by atoms with E-state index >= 15 is 0 Å². The smallest absolute Gasteiger partial charge is 0.417 e. The highest BCUT2D eigenvalue weighted by molar-refractivity contribution is 6.33. The second kappa shape index (κ2) is 5.09. The molecule has 2 rings (SSSR count). The van der Waals surface area contributed by atoms with Crippen molar-refractivity contribution in [2.45, 2.75) is 6.18 Å². The zero-order chi connectivity index (χ0) is 14.0. The molecule has 0 aliphatic heterocycles. The predicted octanol–water partition coefficient (Wildman–Crippen LogP) is 4.43. The molecule has 0 N–H and O–H groups in total. The summed E-state index contributed by atoms with van der Waals surface area (Å²) in [4.78, 5) is 3.79. The first-order valence-corrected chi connectivity index (χ1v) is 5.67. The van der Waals surface area contributed by atoms with E-state index in [9.17, 15) is 13.2 Å². The Kier molecular flexibility index (Phi) is 3.66. The number of ether oxygens (including phenoxy) is 1. The van der Waals surface area contributed by atoms with E-state index in [-0.39, 0.29) is 10.7 Å². The highest BCUT2D eigenvalue weighted by Gasteiger charge is 2.31. The number of aromatic nitrogens is 1. The summed E-state index contributed by atoms with van der Waals surface area (Å²) >= 11 is 5.88. The Morgan fingerprint density at radius 2 is 1.89 bits per heavy atom. The average Bonchev–Trinajstić information content (AvgIpc) is 2.37. The zero-order valence-electron chi connectivity index (χ0n) is 9.83. The third-order valence-electron chi connectivity index (χ3n) is 2.53. The standard InChI is InChI=1S/C13H9ClF3NO/c1-19-11-5-3-2-4-9(11)12-10(14)6-8(7-18-12)13(15,16)17/h2-7H,1H3. The maximum Gasteiger partial charge on any atom is 0.417 e. The molecule has 0 radical (unpaired) electrons. The fourth-order valence-corrected chi connectivity index (χ4v) is 1.90. The Bertz CT molecular complexity index is 599. The Balaban J connectivity index is 2.53. The predicted molar refractivity (Wildman–Crippen MR) is 66.2 cm³/mol. The van der Waals surface area contributed by atoms with Gasteiger partial charge in [-0.2, -0.15) is 13.2 Å². The maximum absolute atomic E-state index is 12.5. The molecule has 0 atom stereocenters. The molecule has 0 fully saturated rings. The van der Waals surface area contributed by atoms with Crippen LogP contribution in [0.25, 0.3) is 11.3 Å². The molecule has 0 bridgehead atoms. The summed E-state index contributed by atoms with van der Waals surface area (Å²) in [6.07, 6.45) is -3.70. The topological polar surface area (TPSA) is 22.1 Å². The molecular weight excluding hydrogens is 279 g/mol. The van der Waals surface area contributed by atoms with Crippen molar-refractivity contribution in [2.24, 2.45) is 0 Å². The molecule has 100 valence electrons. The molecule has 1 heterocycles. The van der Waals surface area contributed by atoms with E-state index in [1.54, 1.807) is 24.3 Å². The molecule has 0 saturated carbocycles. The van der Waals surface area contributed by atoms with Gasteiger partial charge in [0.15, 0.2) is 0 Å². The van der Waals surface area contributed by atoms with Gasteiger partial charge in [0.1, 0.15) is 5.75 Å². The third-order valence-corrected chi connectivity index (χ3v) is 2.82. The lowest BCUT2D eigenvalue weighted by Gasteiger charge is -2.11. The van der Waals surface area contributed by atoms with E-state index in [1.807, 2.05) is 0 Å². The van der Waals surface area contributed by atoms with Gasteiger partial charge < -0.3 is 4.74 Å². The number of nitrogens with zero attached hydrogens (tertiary/aromatic N) is 1. The second-order valence-corrected chi connectivity index (χ2v) is 4.16. The van der Waals surface area contributed by atoms with E-state index in [2.05, 4.69) is 4.98 Å². The van der Waals surface area contributed by atoms with Gasteiger partial charge in [-0.3, -0.25) is 4.98 Å². The number of para-hydroxylation sites is 1. The first-order chi connectivity index (χ1) is 8.93. The highest BCUT2D eigenvalue weighted by atomic mass is 35.5. The van der Waals surface area contributed by atoms with Gasteiger partial charge in [0.25, 0.3) is 0 Å². The minimum atomic E-state index is -4.46. The van der Waals surface area contributed by atoms with E-state index in [4.69, 9.17) is 16.3 Å². The summed E-state index contributed by atoms with van der Waals surface area (Å²) < 4.78 is 42.7. The number of benzene rings is 1. The van der Waals surface area contributed by atoms with Crippen molar-refractivity contribution in [3.8, 4) is 17.0 Å². The van der Waals surface area contributed by atoms with Gasteiger partial charge in [-0.15, -0.1) is 0 Å². The fraction of sp³-hybridized carbons (Fsp3) is 0.154. The lowest BCUT2D eigenvalue weighted by Crippen LogP contribution is -2.06. The van der Waals surface area contributed by atoms with Gasteiger partial charge in [-0.1, -0.05) is 23.7 Å². The van der Waals surface area contributed by atoms with Gasteiger partial charge in [0.05, 0.1) is 23.4 Å². The summed E-state index contributed by atoms with van der Waals surface area (Å²) in [7, 11) is 1.47. The van der Waals surface area contributed by atoms with Crippen LogP contribution in [0.1, 0.15) is 5.56 Å². The van der Waals surface area contributed by atoms with Crippen molar-refractivity contribution in [1.82, 2.24) is 4.98 Å². The molecule has 2 nitrogen and oxygen atoms in total. The SMILES string of the molecule is COc1ccccc1-c1ncc(C(F)(F)F)cc1Cl. The molecule has 0 unspecified atom stereocenters. The van der Waals surface area contributed by atoms with Crippen LogP contribution in [0.2, 0.25) is 5.02 Å². The van der Waals surface area contributed by atoms with Gasteiger partial charge in [0.2, 0.25) is 0 Å². The van der Waals surface area contributed by atoms with Crippen molar-refractivity contribution in [3.63, 3.8) is 0 Å². The number of alkyl halides is 3. The van der Waals surface area contributed by atoms with Crippen LogP contribution in [-0.4, -0.2) is 12.1 Å². The van der Waals surface area contributed by atoms with E-state index in [0.29, 0.717) is 11.3 Å². The first kappa shape index (κ1) is 13.7. The van der Waals surface area contributed by atoms with Crippen LogP contribution in [0.5, 0.6) is 5.75 Å². The Morgan fingerprint density at radius 1 is 1.21 bits per heavy atom. The number of hydrogen-bond acceptors (Lipinski definition) is 2. The molecule has 6 heteroatoms. The molecule has 0 spiro atoms. The van der Waals surface area contributed by atoms with Crippen molar-refractivity contribution < 1.29 is 17.9 Å². The molecule has 1 aromatic carbocycles. The van der Waals surface area contributed by atoms with Crippen LogP contribution >= 0.6 is 11.6 Å².